The number of nitro groups is 1. The van der Waals surface area contributed by atoms with Gasteiger partial charge in [-0.15, -0.1) is 0 Å². The minimum absolute atomic E-state index is 0.0933. The summed E-state index contributed by atoms with van der Waals surface area (Å²) in [5.74, 6) is -0.236. The van der Waals surface area contributed by atoms with E-state index in [2.05, 4.69) is 10.2 Å². The van der Waals surface area contributed by atoms with Crippen molar-refractivity contribution < 1.29 is 9.31 Å². The second kappa shape index (κ2) is 4.31. The van der Waals surface area contributed by atoms with Crippen LogP contribution in [0.1, 0.15) is 18.4 Å². The lowest BCUT2D eigenvalue weighted by Gasteiger charge is -2.10. The molecule has 0 unspecified atom stereocenters. The molecule has 0 aliphatic heterocycles. The second-order valence-electron chi connectivity index (χ2n) is 4.35. The van der Waals surface area contributed by atoms with Crippen molar-refractivity contribution in [1.82, 2.24) is 10.2 Å². The van der Waals surface area contributed by atoms with Crippen LogP contribution < -0.4 is 0 Å². The first-order chi connectivity index (χ1) is 9.16. The molecule has 19 heavy (non-hydrogen) atoms. The summed E-state index contributed by atoms with van der Waals surface area (Å²) in [4.78, 5) is 10.6. The Morgan fingerprint density at radius 3 is 3.00 bits per heavy atom. The Hall–Kier alpha value is -2.50. The first kappa shape index (κ1) is 11.6. The lowest BCUT2D eigenvalue weighted by atomic mass is 9.97. The van der Waals surface area contributed by atoms with Crippen molar-refractivity contribution in [3.05, 3.63) is 52.0 Å². The highest BCUT2D eigenvalue weighted by molar-refractivity contribution is 5.92. The first-order valence-corrected chi connectivity index (χ1v) is 5.84. The lowest BCUT2D eigenvalue weighted by molar-refractivity contribution is -0.383. The summed E-state index contributed by atoms with van der Waals surface area (Å²) in [5, 5.41) is 18.0. The average Bonchev–Trinajstić information content (AvgIpc) is 2.86. The van der Waals surface area contributed by atoms with Crippen LogP contribution in [0.25, 0.3) is 16.5 Å². The number of aromatic nitrogens is 2. The Kier molecular flexibility index (Phi) is 2.63. The van der Waals surface area contributed by atoms with E-state index in [-0.39, 0.29) is 11.5 Å². The third kappa shape index (κ3) is 1.91. The fourth-order valence-electron chi connectivity index (χ4n) is 2.23. The standard InChI is InChI=1S/C13H10FN3O2/c14-11-4-2-1-3-10(11)8-5-9-7-15-16-13(9)12(6-8)17(18)19/h1,3,5-7H,2,4H2,(H,15,16). The fraction of sp³-hybridized carbons (Fsp3) is 0.154. The largest absolute Gasteiger partial charge is 0.295 e. The smallest absolute Gasteiger partial charge is 0.271 e. The van der Waals surface area contributed by atoms with Crippen molar-refractivity contribution >= 4 is 22.2 Å². The predicted octanol–water partition coefficient (Wildman–Crippen LogP) is 3.50. The molecule has 1 aromatic carbocycles. The van der Waals surface area contributed by atoms with Crippen LogP contribution in [0.2, 0.25) is 0 Å². The van der Waals surface area contributed by atoms with E-state index in [1.165, 1.54) is 12.3 Å². The Balaban J connectivity index is 2.25. The van der Waals surface area contributed by atoms with Gasteiger partial charge in [0.15, 0.2) is 0 Å². The third-order valence-corrected chi connectivity index (χ3v) is 3.14. The first-order valence-electron chi connectivity index (χ1n) is 5.84. The Labute approximate surface area is 107 Å². The maximum atomic E-state index is 13.8. The van der Waals surface area contributed by atoms with Crippen LogP contribution >= 0.6 is 0 Å². The van der Waals surface area contributed by atoms with Gasteiger partial charge in [0.1, 0.15) is 11.3 Å². The number of non-ortho nitro benzene ring substituents is 1. The SMILES string of the molecule is O=[N+]([O-])c1cc(C2=C(F)CCC=C2)cc2cn[nH]c12. The van der Waals surface area contributed by atoms with Gasteiger partial charge in [0.05, 0.1) is 11.1 Å². The topological polar surface area (TPSA) is 71.8 Å². The highest BCUT2D eigenvalue weighted by atomic mass is 19.1. The van der Waals surface area contributed by atoms with Crippen LogP contribution in [0.5, 0.6) is 0 Å². The number of fused-ring (bicyclic) bond motifs is 1. The molecule has 1 N–H and O–H groups in total. The molecule has 0 saturated heterocycles. The van der Waals surface area contributed by atoms with Crippen LogP contribution in [0, 0.1) is 10.1 Å². The molecule has 1 aromatic heterocycles. The summed E-state index contributed by atoms with van der Waals surface area (Å²) >= 11 is 0. The molecule has 0 atom stereocenters. The Morgan fingerprint density at radius 2 is 2.26 bits per heavy atom. The highest BCUT2D eigenvalue weighted by Crippen LogP contribution is 2.33. The van der Waals surface area contributed by atoms with E-state index in [1.807, 2.05) is 6.08 Å². The van der Waals surface area contributed by atoms with E-state index >= 15 is 0 Å². The Morgan fingerprint density at radius 1 is 1.42 bits per heavy atom. The fourth-order valence-corrected chi connectivity index (χ4v) is 2.23. The molecule has 6 heteroatoms. The molecule has 0 fully saturated rings. The van der Waals surface area contributed by atoms with Gasteiger partial charge in [-0.1, -0.05) is 12.2 Å². The Bertz CT molecular complexity index is 731. The molecule has 1 heterocycles. The minimum atomic E-state index is -0.491. The molecule has 1 aliphatic rings. The van der Waals surface area contributed by atoms with Crippen LogP contribution in [-0.2, 0) is 0 Å². The molecular formula is C13H10FN3O2. The van der Waals surface area contributed by atoms with Crippen molar-refractivity contribution in [3.63, 3.8) is 0 Å². The van der Waals surface area contributed by atoms with E-state index in [1.54, 1.807) is 12.1 Å². The number of aromatic amines is 1. The molecule has 96 valence electrons. The maximum Gasteiger partial charge on any atom is 0.295 e. The number of hydrogen-bond donors (Lipinski definition) is 1. The number of rotatable bonds is 2. The maximum absolute atomic E-state index is 13.8. The van der Waals surface area contributed by atoms with Gasteiger partial charge < -0.3 is 0 Å². The quantitative estimate of drug-likeness (QED) is 0.662. The molecule has 0 saturated carbocycles. The normalized spacial score (nSPS) is 15.2. The van der Waals surface area contributed by atoms with Crippen LogP contribution in [-0.4, -0.2) is 15.1 Å². The third-order valence-electron chi connectivity index (χ3n) is 3.14. The van der Waals surface area contributed by atoms with E-state index in [9.17, 15) is 14.5 Å². The zero-order valence-electron chi connectivity index (χ0n) is 9.89. The van der Waals surface area contributed by atoms with Gasteiger partial charge in [-0.25, -0.2) is 4.39 Å². The number of allylic oxidation sites excluding steroid dienone is 4. The zero-order chi connectivity index (χ0) is 13.4. The molecule has 0 radical (unpaired) electrons. The number of H-pyrrole nitrogens is 1. The van der Waals surface area contributed by atoms with Gasteiger partial charge in [-0.3, -0.25) is 15.2 Å². The van der Waals surface area contributed by atoms with Gasteiger partial charge >= 0.3 is 0 Å². The van der Waals surface area contributed by atoms with Crippen LogP contribution in [0.3, 0.4) is 0 Å². The summed E-state index contributed by atoms with van der Waals surface area (Å²) in [6.45, 7) is 0. The number of hydrogen-bond acceptors (Lipinski definition) is 3. The number of nitrogens with one attached hydrogen (secondary N) is 1. The predicted molar refractivity (Wildman–Crippen MR) is 69.2 cm³/mol. The molecule has 3 rings (SSSR count). The minimum Gasteiger partial charge on any atom is -0.271 e. The van der Waals surface area contributed by atoms with Crippen molar-refractivity contribution in [2.24, 2.45) is 0 Å². The summed E-state index contributed by atoms with van der Waals surface area (Å²) < 4.78 is 13.8. The number of nitrogens with zero attached hydrogens (tertiary/aromatic N) is 2. The summed E-state index contributed by atoms with van der Waals surface area (Å²) in [7, 11) is 0. The van der Waals surface area contributed by atoms with E-state index < -0.39 is 4.92 Å². The van der Waals surface area contributed by atoms with Crippen molar-refractivity contribution in [2.75, 3.05) is 0 Å². The van der Waals surface area contributed by atoms with Gasteiger partial charge in [0, 0.05) is 23.4 Å². The molecule has 5 nitrogen and oxygen atoms in total. The van der Waals surface area contributed by atoms with Crippen LogP contribution in [0.15, 0.2) is 36.3 Å². The van der Waals surface area contributed by atoms with Crippen molar-refractivity contribution in [2.45, 2.75) is 12.8 Å². The van der Waals surface area contributed by atoms with Gasteiger partial charge in [0.25, 0.3) is 5.69 Å². The number of halogens is 1. The lowest BCUT2D eigenvalue weighted by Crippen LogP contribution is -1.95. The number of nitro benzene ring substituents is 1. The van der Waals surface area contributed by atoms with Gasteiger partial charge in [-0.05, 0) is 18.1 Å². The highest BCUT2D eigenvalue weighted by Gasteiger charge is 2.18. The molecule has 0 spiro atoms. The van der Waals surface area contributed by atoms with E-state index in [0.717, 1.165) is 0 Å². The van der Waals surface area contributed by atoms with Crippen LogP contribution in [0.4, 0.5) is 10.1 Å². The van der Waals surface area contributed by atoms with Gasteiger partial charge in [0.2, 0.25) is 0 Å². The van der Waals surface area contributed by atoms with Crippen molar-refractivity contribution in [1.29, 1.82) is 0 Å². The average molecular weight is 259 g/mol. The monoisotopic (exact) mass is 259 g/mol. The van der Waals surface area contributed by atoms with Gasteiger partial charge in [-0.2, -0.15) is 5.10 Å². The van der Waals surface area contributed by atoms with E-state index in [4.69, 9.17) is 0 Å². The zero-order valence-corrected chi connectivity index (χ0v) is 9.89. The molecule has 0 bridgehead atoms. The molecule has 0 amide bonds. The molecular weight excluding hydrogens is 249 g/mol. The second-order valence-corrected chi connectivity index (χ2v) is 4.35. The summed E-state index contributed by atoms with van der Waals surface area (Å²) in [6, 6.07) is 3.08. The number of benzene rings is 1. The van der Waals surface area contributed by atoms with E-state index in [0.29, 0.717) is 34.9 Å². The molecule has 1 aliphatic carbocycles. The summed E-state index contributed by atoms with van der Waals surface area (Å²) in [5.41, 5.74) is 1.19. The molecule has 2 aromatic rings. The van der Waals surface area contributed by atoms with Crippen molar-refractivity contribution in [3.8, 4) is 0 Å². The summed E-state index contributed by atoms with van der Waals surface area (Å²) in [6.07, 6.45) is 6.03.